The van der Waals surface area contributed by atoms with Crippen LogP contribution in [0.25, 0.3) is 10.8 Å². The van der Waals surface area contributed by atoms with Gasteiger partial charge in [0.1, 0.15) is 0 Å². The molecule has 0 atom stereocenters. The molecule has 0 radical (unpaired) electrons. The van der Waals surface area contributed by atoms with Gasteiger partial charge in [-0.25, -0.2) is 8.42 Å². The van der Waals surface area contributed by atoms with Crippen molar-refractivity contribution in [1.29, 1.82) is 0 Å². The number of halogens is 3. The van der Waals surface area contributed by atoms with Crippen LogP contribution in [-0.2, 0) is 16.2 Å². The van der Waals surface area contributed by atoms with E-state index in [0.717, 1.165) is 23.5 Å². The van der Waals surface area contributed by atoms with Gasteiger partial charge in [0, 0.05) is 0 Å². The minimum Gasteiger partial charge on any atom is -0.462 e. The zero-order valence-corrected chi connectivity index (χ0v) is 13.2. The highest BCUT2D eigenvalue weighted by Gasteiger charge is 2.30. The summed E-state index contributed by atoms with van der Waals surface area (Å²) in [6.07, 6.45) is -3.10. The molecule has 3 rings (SSSR count). The van der Waals surface area contributed by atoms with Crippen LogP contribution < -0.4 is 4.72 Å². The van der Waals surface area contributed by atoms with Crippen molar-refractivity contribution >= 4 is 26.5 Å². The molecule has 0 saturated carbocycles. The highest BCUT2D eigenvalue weighted by Crippen LogP contribution is 2.31. The normalized spacial score (nSPS) is 12.3. The molecule has 1 N–H and O–H groups in total. The number of aromatic nitrogens is 2. The number of hydrogen-bond donors (Lipinski definition) is 1. The molecule has 0 bridgehead atoms. The molecule has 11 heteroatoms. The molecular formula is C13H8F3N3O3S2. The van der Waals surface area contributed by atoms with E-state index < -0.39 is 21.8 Å². The van der Waals surface area contributed by atoms with Crippen molar-refractivity contribution in [2.75, 3.05) is 4.72 Å². The monoisotopic (exact) mass is 375 g/mol. The van der Waals surface area contributed by atoms with Gasteiger partial charge in [-0.1, -0.05) is 11.3 Å². The van der Waals surface area contributed by atoms with E-state index in [1.54, 1.807) is 12.1 Å². The molecule has 0 fully saturated rings. The van der Waals surface area contributed by atoms with Gasteiger partial charge in [-0.15, -0.1) is 10.2 Å². The minimum absolute atomic E-state index is 0.0266. The number of hydrogen-bond acceptors (Lipinski definition) is 6. The van der Waals surface area contributed by atoms with Gasteiger partial charge in [-0.3, -0.25) is 4.72 Å². The lowest BCUT2D eigenvalue weighted by Crippen LogP contribution is -2.13. The highest BCUT2D eigenvalue weighted by atomic mass is 32.2. The number of anilines is 1. The van der Waals surface area contributed by atoms with E-state index in [2.05, 4.69) is 14.9 Å². The Hall–Kier alpha value is -2.40. The first-order valence-electron chi connectivity index (χ1n) is 6.33. The topological polar surface area (TPSA) is 85.1 Å². The Morgan fingerprint density at radius 2 is 1.79 bits per heavy atom. The molecule has 0 spiro atoms. The molecule has 2 aromatic heterocycles. The number of sulfonamides is 1. The number of furan rings is 1. The van der Waals surface area contributed by atoms with E-state index in [9.17, 15) is 21.6 Å². The van der Waals surface area contributed by atoms with Crippen LogP contribution in [-0.4, -0.2) is 18.6 Å². The molecule has 0 aliphatic heterocycles. The van der Waals surface area contributed by atoms with Gasteiger partial charge in [0.25, 0.3) is 10.0 Å². The smallest absolute Gasteiger partial charge is 0.416 e. The first-order chi connectivity index (χ1) is 11.3. The van der Waals surface area contributed by atoms with Gasteiger partial charge in [0.15, 0.2) is 10.8 Å². The maximum atomic E-state index is 12.5. The van der Waals surface area contributed by atoms with Gasteiger partial charge in [0.05, 0.1) is 16.7 Å². The van der Waals surface area contributed by atoms with Crippen molar-refractivity contribution in [3.8, 4) is 10.8 Å². The number of nitrogens with one attached hydrogen (secondary N) is 1. The Morgan fingerprint density at radius 1 is 1.08 bits per heavy atom. The maximum Gasteiger partial charge on any atom is 0.416 e. The second-order valence-electron chi connectivity index (χ2n) is 4.52. The van der Waals surface area contributed by atoms with Crippen molar-refractivity contribution in [2.45, 2.75) is 11.1 Å². The van der Waals surface area contributed by atoms with Crippen molar-refractivity contribution in [3.05, 3.63) is 48.2 Å². The largest absolute Gasteiger partial charge is 0.462 e. The zero-order chi connectivity index (χ0) is 17.4. The van der Waals surface area contributed by atoms with E-state index in [0.29, 0.717) is 22.9 Å². The van der Waals surface area contributed by atoms with E-state index in [1.165, 1.54) is 6.26 Å². The predicted octanol–water partition coefficient (Wildman–Crippen LogP) is 3.62. The first kappa shape index (κ1) is 16.5. The Labute approximate surface area is 138 Å². The molecule has 24 heavy (non-hydrogen) atoms. The van der Waals surface area contributed by atoms with Gasteiger partial charge < -0.3 is 4.42 Å². The summed E-state index contributed by atoms with van der Waals surface area (Å²) < 4.78 is 69.2. The third kappa shape index (κ3) is 3.41. The van der Waals surface area contributed by atoms with Crippen LogP contribution in [0.3, 0.4) is 0 Å². The fourth-order valence-corrected chi connectivity index (χ4v) is 3.70. The Kier molecular flexibility index (Phi) is 4.05. The van der Waals surface area contributed by atoms with Crippen molar-refractivity contribution in [3.63, 3.8) is 0 Å². The van der Waals surface area contributed by atoms with Gasteiger partial charge >= 0.3 is 6.18 Å². The second-order valence-corrected chi connectivity index (χ2v) is 7.18. The predicted molar refractivity (Wildman–Crippen MR) is 79.9 cm³/mol. The average molecular weight is 375 g/mol. The van der Waals surface area contributed by atoms with E-state index in [-0.39, 0.29) is 10.0 Å². The van der Waals surface area contributed by atoms with Crippen LogP contribution in [0.2, 0.25) is 0 Å². The summed E-state index contributed by atoms with van der Waals surface area (Å²) in [5, 5.41) is 7.80. The Bertz CT molecular complexity index is 933. The van der Waals surface area contributed by atoms with E-state index >= 15 is 0 Å². The van der Waals surface area contributed by atoms with Crippen LogP contribution >= 0.6 is 11.3 Å². The minimum atomic E-state index is -4.53. The van der Waals surface area contributed by atoms with Crippen molar-refractivity contribution in [2.24, 2.45) is 0 Å². The highest BCUT2D eigenvalue weighted by molar-refractivity contribution is 7.93. The van der Waals surface area contributed by atoms with Gasteiger partial charge in [-0.05, 0) is 36.4 Å². The molecule has 6 nitrogen and oxygen atoms in total. The lowest BCUT2D eigenvalue weighted by Gasteiger charge is -2.08. The molecule has 0 saturated heterocycles. The summed E-state index contributed by atoms with van der Waals surface area (Å²) in [5.74, 6) is 0.424. The van der Waals surface area contributed by atoms with Crippen LogP contribution in [0.4, 0.5) is 18.3 Å². The number of nitrogens with zero attached hydrogens (tertiary/aromatic N) is 2. The molecule has 0 aliphatic rings. The summed E-state index contributed by atoms with van der Waals surface area (Å²) in [6.45, 7) is 0. The number of benzene rings is 1. The molecule has 3 aromatic rings. The third-order valence-electron chi connectivity index (χ3n) is 2.87. The molecule has 0 aliphatic carbocycles. The summed E-state index contributed by atoms with van der Waals surface area (Å²) >= 11 is 0.933. The summed E-state index contributed by atoms with van der Waals surface area (Å²) in [6, 6.07) is 6.42. The maximum absolute atomic E-state index is 12.5. The molecule has 0 amide bonds. The van der Waals surface area contributed by atoms with Crippen LogP contribution in [0.15, 0.2) is 52.0 Å². The quantitative estimate of drug-likeness (QED) is 0.753. The van der Waals surface area contributed by atoms with E-state index in [4.69, 9.17) is 4.42 Å². The zero-order valence-electron chi connectivity index (χ0n) is 11.6. The lowest BCUT2D eigenvalue weighted by molar-refractivity contribution is -0.137. The van der Waals surface area contributed by atoms with Gasteiger partial charge in [0.2, 0.25) is 5.13 Å². The Balaban J connectivity index is 1.81. The van der Waals surface area contributed by atoms with Crippen LogP contribution in [0.1, 0.15) is 5.56 Å². The number of alkyl halides is 3. The molecule has 126 valence electrons. The number of rotatable bonds is 4. The molecule has 0 unspecified atom stereocenters. The van der Waals surface area contributed by atoms with E-state index in [1.807, 2.05) is 0 Å². The second kappa shape index (κ2) is 5.91. The molecular weight excluding hydrogens is 367 g/mol. The fourth-order valence-electron chi connectivity index (χ4n) is 1.76. The van der Waals surface area contributed by atoms with Crippen molar-refractivity contribution < 1.29 is 26.0 Å². The summed E-state index contributed by atoms with van der Waals surface area (Å²) in [5.41, 5.74) is -0.933. The van der Waals surface area contributed by atoms with Crippen LogP contribution in [0.5, 0.6) is 0 Å². The van der Waals surface area contributed by atoms with Crippen molar-refractivity contribution in [1.82, 2.24) is 10.2 Å². The molecule has 2 heterocycles. The SMILES string of the molecule is O=S(=O)(Nc1nnc(-c2ccco2)s1)c1ccc(C(F)(F)F)cc1. The van der Waals surface area contributed by atoms with Gasteiger partial charge in [-0.2, -0.15) is 13.2 Å². The third-order valence-corrected chi connectivity index (χ3v) is 5.21. The standard InChI is InChI=1S/C13H8F3N3O3S2/c14-13(15,16)8-3-5-9(6-4-8)24(20,21)19-12-18-17-11(23-12)10-2-1-7-22-10/h1-7H,(H,18,19). The summed E-state index contributed by atoms with van der Waals surface area (Å²) in [7, 11) is -4.07. The van der Waals surface area contributed by atoms with Crippen LogP contribution in [0, 0.1) is 0 Å². The Morgan fingerprint density at radius 3 is 2.38 bits per heavy atom. The lowest BCUT2D eigenvalue weighted by atomic mass is 10.2. The fraction of sp³-hybridized carbons (Fsp3) is 0.0769. The average Bonchev–Trinajstić information content (AvgIpc) is 3.17. The molecule has 1 aromatic carbocycles. The summed E-state index contributed by atoms with van der Waals surface area (Å²) in [4.78, 5) is -0.315. The first-order valence-corrected chi connectivity index (χ1v) is 8.63.